The Hall–Kier alpha value is -3.65. The van der Waals surface area contributed by atoms with Gasteiger partial charge in [0.2, 0.25) is 21.8 Å². The van der Waals surface area contributed by atoms with E-state index in [1.54, 1.807) is 12.1 Å². The summed E-state index contributed by atoms with van der Waals surface area (Å²) in [6.07, 6.45) is 1.99. The molecule has 3 aromatic rings. The largest absolute Gasteiger partial charge is 0.350 e. The highest BCUT2D eigenvalue weighted by Crippen LogP contribution is 2.25. The van der Waals surface area contributed by atoms with Crippen molar-refractivity contribution < 1.29 is 18.0 Å². The quantitative estimate of drug-likeness (QED) is 0.360. The van der Waals surface area contributed by atoms with Gasteiger partial charge in [0.25, 0.3) is 0 Å². The summed E-state index contributed by atoms with van der Waals surface area (Å²) in [5.41, 5.74) is 3.58. The molecule has 8 heteroatoms. The molecule has 1 unspecified atom stereocenters. The van der Waals surface area contributed by atoms with Gasteiger partial charge in [-0.05, 0) is 56.9 Å². The molecule has 3 aromatic carbocycles. The van der Waals surface area contributed by atoms with Crippen molar-refractivity contribution >= 4 is 27.5 Å². The van der Waals surface area contributed by atoms with Crippen molar-refractivity contribution in [2.24, 2.45) is 0 Å². The first-order valence-corrected chi connectivity index (χ1v) is 15.4. The van der Waals surface area contributed by atoms with Crippen molar-refractivity contribution in [1.29, 1.82) is 0 Å². The summed E-state index contributed by atoms with van der Waals surface area (Å²) in [4.78, 5) is 29.5. The van der Waals surface area contributed by atoms with Crippen molar-refractivity contribution in [3.63, 3.8) is 0 Å². The normalized spacial score (nSPS) is 12.4. The lowest BCUT2D eigenvalue weighted by molar-refractivity contribution is -0.140. The number of para-hydroxylation sites is 1. The second-order valence-electron chi connectivity index (χ2n) is 11.2. The van der Waals surface area contributed by atoms with E-state index in [1.807, 2.05) is 101 Å². The average Bonchev–Trinajstić information content (AvgIpc) is 2.89. The number of amides is 2. The molecule has 0 heterocycles. The number of carbonyl (C=O) groups is 2. The Kier molecular flexibility index (Phi) is 10.1. The van der Waals surface area contributed by atoms with Crippen LogP contribution in [0, 0.1) is 6.92 Å². The van der Waals surface area contributed by atoms with Gasteiger partial charge in [-0.25, -0.2) is 8.42 Å². The highest BCUT2D eigenvalue weighted by Gasteiger charge is 2.34. The van der Waals surface area contributed by atoms with Crippen LogP contribution in [0.5, 0.6) is 0 Å². The lowest BCUT2D eigenvalue weighted by Gasteiger charge is -2.35. The van der Waals surface area contributed by atoms with Crippen LogP contribution < -0.4 is 9.62 Å². The van der Waals surface area contributed by atoms with E-state index in [4.69, 9.17) is 0 Å². The van der Waals surface area contributed by atoms with Crippen LogP contribution in [-0.2, 0) is 39.0 Å². The van der Waals surface area contributed by atoms with Gasteiger partial charge in [0.1, 0.15) is 12.6 Å². The molecule has 1 atom stereocenters. The monoisotopic (exact) mass is 563 g/mol. The molecule has 0 fully saturated rings. The lowest BCUT2D eigenvalue weighted by Crippen LogP contribution is -2.56. The number of nitrogens with one attached hydrogen (secondary N) is 1. The lowest BCUT2D eigenvalue weighted by atomic mass is 10.0. The van der Waals surface area contributed by atoms with Crippen LogP contribution in [0.3, 0.4) is 0 Å². The van der Waals surface area contributed by atoms with Crippen LogP contribution in [0.2, 0.25) is 0 Å². The number of nitrogens with zero attached hydrogens (tertiary/aromatic N) is 2. The number of aryl methyl sites for hydroxylation is 2. The second-order valence-corrected chi connectivity index (χ2v) is 13.1. The Morgan fingerprint density at radius 3 is 2.05 bits per heavy atom. The van der Waals surface area contributed by atoms with E-state index in [-0.39, 0.29) is 18.9 Å². The first-order chi connectivity index (χ1) is 18.8. The first-order valence-electron chi connectivity index (χ1n) is 13.5. The van der Waals surface area contributed by atoms with Gasteiger partial charge in [-0.2, -0.15) is 0 Å². The van der Waals surface area contributed by atoms with E-state index >= 15 is 0 Å². The summed E-state index contributed by atoms with van der Waals surface area (Å²) in [6, 6.07) is 23.6. The fourth-order valence-corrected chi connectivity index (χ4v) is 5.43. The highest BCUT2D eigenvalue weighted by molar-refractivity contribution is 7.92. The maximum absolute atomic E-state index is 14.2. The zero-order valence-corrected chi connectivity index (χ0v) is 25.2. The molecular weight excluding hydrogens is 522 g/mol. The van der Waals surface area contributed by atoms with E-state index < -0.39 is 34.1 Å². The molecule has 0 aromatic heterocycles. The topological polar surface area (TPSA) is 86.8 Å². The van der Waals surface area contributed by atoms with Crippen molar-refractivity contribution in [1.82, 2.24) is 10.2 Å². The molecule has 0 aliphatic carbocycles. The highest BCUT2D eigenvalue weighted by atomic mass is 32.2. The Balaban J connectivity index is 2.09. The number of hydrogen-bond acceptors (Lipinski definition) is 4. The van der Waals surface area contributed by atoms with Crippen LogP contribution in [0.4, 0.5) is 5.69 Å². The van der Waals surface area contributed by atoms with Crippen molar-refractivity contribution in [2.45, 2.75) is 65.6 Å². The molecule has 0 radical (unpaired) electrons. The molecule has 1 N–H and O–H groups in total. The fraction of sp³-hybridized carbons (Fsp3) is 0.375. The minimum Gasteiger partial charge on any atom is -0.350 e. The number of sulfonamides is 1. The Morgan fingerprint density at radius 2 is 1.48 bits per heavy atom. The summed E-state index contributed by atoms with van der Waals surface area (Å²) >= 11 is 0. The van der Waals surface area contributed by atoms with Crippen LogP contribution in [-0.4, -0.2) is 49.5 Å². The molecule has 0 saturated carbocycles. The molecule has 40 heavy (non-hydrogen) atoms. The number of rotatable bonds is 11. The Bertz CT molecular complexity index is 1400. The minimum atomic E-state index is -3.81. The van der Waals surface area contributed by atoms with Gasteiger partial charge < -0.3 is 10.2 Å². The zero-order chi connectivity index (χ0) is 29.5. The second kappa shape index (κ2) is 13.1. The third-order valence-electron chi connectivity index (χ3n) is 6.56. The predicted molar refractivity (Wildman–Crippen MR) is 162 cm³/mol. The summed E-state index contributed by atoms with van der Waals surface area (Å²) in [7, 11) is -3.81. The fourth-order valence-electron chi connectivity index (χ4n) is 4.54. The molecule has 0 saturated heterocycles. The van der Waals surface area contributed by atoms with Crippen molar-refractivity contribution in [3.05, 3.63) is 101 Å². The van der Waals surface area contributed by atoms with E-state index in [2.05, 4.69) is 5.32 Å². The van der Waals surface area contributed by atoms with Gasteiger partial charge in [-0.3, -0.25) is 13.9 Å². The molecule has 0 spiro atoms. The van der Waals surface area contributed by atoms with Crippen molar-refractivity contribution in [3.8, 4) is 0 Å². The first kappa shape index (κ1) is 30.9. The number of benzene rings is 3. The number of anilines is 1. The maximum atomic E-state index is 14.2. The van der Waals surface area contributed by atoms with E-state index in [1.165, 1.54) is 4.90 Å². The van der Waals surface area contributed by atoms with Crippen LogP contribution >= 0.6 is 0 Å². The minimum absolute atomic E-state index is 0.154. The van der Waals surface area contributed by atoms with E-state index in [9.17, 15) is 18.0 Å². The van der Waals surface area contributed by atoms with Gasteiger partial charge >= 0.3 is 0 Å². The summed E-state index contributed by atoms with van der Waals surface area (Å²) in [5, 5.41) is 3.04. The van der Waals surface area contributed by atoms with Crippen LogP contribution in [0.15, 0.2) is 78.9 Å². The van der Waals surface area contributed by atoms with Gasteiger partial charge in [-0.15, -0.1) is 0 Å². The summed E-state index contributed by atoms with van der Waals surface area (Å²) in [5.74, 6) is -0.751. The van der Waals surface area contributed by atoms with Gasteiger partial charge in [-0.1, -0.05) is 85.3 Å². The number of carbonyl (C=O) groups excluding carboxylic acids is 2. The van der Waals surface area contributed by atoms with Crippen LogP contribution in [0.1, 0.15) is 49.9 Å². The zero-order valence-electron chi connectivity index (χ0n) is 24.3. The molecule has 0 aliphatic rings. The molecule has 214 valence electrons. The van der Waals surface area contributed by atoms with Gasteiger partial charge in [0.05, 0.1) is 11.9 Å². The molecule has 0 aliphatic heterocycles. The van der Waals surface area contributed by atoms with Crippen LogP contribution in [0.25, 0.3) is 0 Å². The van der Waals surface area contributed by atoms with Crippen molar-refractivity contribution in [2.75, 3.05) is 17.1 Å². The van der Waals surface area contributed by atoms with E-state index in [0.717, 1.165) is 32.8 Å². The predicted octanol–water partition coefficient (Wildman–Crippen LogP) is 4.88. The third kappa shape index (κ3) is 8.68. The number of hydrogen-bond donors (Lipinski definition) is 1. The SMILES string of the molecule is CCc1ccccc1N(CC(=O)N(Cc1ccc(C)cc1)C(Cc1ccccc1)C(=O)NC(C)(C)C)S(C)(=O)=O. The Labute approximate surface area is 239 Å². The third-order valence-corrected chi connectivity index (χ3v) is 7.69. The molecule has 0 bridgehead atoms. The summed E-state index contributed by atoms with van der Waals surface area (Å²) < 4.78 is 27.2. The Morgan fingerprint density at radius 1 is 0.875 bits per heavy atom. The summed E-state index contributed by atoms with van der Waals surface area (Å²) in [6.45, 7) is 9.34. The maximum Gasteiger partial charge on any atom is 0.244 e. The molecule has 7 nitrogen and oxygen atoms in total. The molecular formula is C32H41N3O4S. The molecule has 2 amide bonds. The smallest absolute Gasteiger partial charge is 0.244 e. The van der Waals surface area contributed by atoms with E-state index in [0.29, 0.717) is 12.1 Å². The standard InChI is InChI=1S/C32H41N3O4S/c1-7-27-15-11-12-16-28(27)35(40(6,38)39)23-30(36)34(22-26-19-17-24(2)18-20-26)29(31(37)33-32(3,4)5)21-25-13-9-8-10-14-25/h8-20,29H,7,21-23H2,1-6H3,(H,33,37). The average molecular weight is 564 g/mol. The molecule has 3 rings (SSSR count). The van der Waals surface area contributed by atoms with Gasteiger partial charge in [0, 0.05) is 18.5 Å². The van der Waals surface area contributed by atoms with Gasteiger partial charge in [0.15, 0.2) is 0 Å².